The Hall–Kier alpha value is -1.68. The Morgan fingerprint density at radius 3 is 2.76 bits per heavy atom. The van der Waals surface area contributed by atoms with Crippen LogP contribution in [0.3, 0.4) is 0 Å². The highest BCUT2D eigenvalue weighted by Gasteiger charge is 2.21. The van der Waals surface area contributed by atoms with Crippen LogP contribution in [0.1, 0.15) is 49.9 Å². The first-order valence-corrected chi connectivity index (χ1v) is 7.90. The van der Waals surface area contributed by atoms with Crippen molar-refractivity contribution < 1.29 is 4.52 Å². The van der Waals surface area contributed by atoms with Gasteiger partial charge in [0.15, 0.2) is 5.82 Å². The van der Waals surface area contributed by atoms with Gasteiger partial charge in [-0.15, -0.1) is 0 Å². The summed E-state index contributed by atoms with van der Waals surface area (Å²) in [6.45, 7) is 2.93. The highest BCUT2D eigenvalue weighted by Crippen LogP contribution is 2.27. The van der Waals surface area contributed by atoms with Gasteiger partial charge >= 0.3 is 0 Å². The molecule has 4 heteroatoms. The van der Waals surface area contributed by atoms with E-state index in [2.05, 4.69) is 34.5 Å². The summed E-state index contributed by atoms with van der Waals surface area (Å²) in [4.78, 5) is 4.46. The Bertz CT molecular complexity index is 546. The van der Waals surface area contributed by atoms with E-state index in [-0.39, 0.29) is 0 Å². The van der Waals surface area contributed by atoms with Gasteiger partial charge in [-0.1, -0.05) is 48.3 Å². The summed E-state index contributed by atoms with van der Waals surface area (Å²) in [5, 5.41) is 7.58. The maximum atomic E-state index is 5.33. The summed E-state index contributed by atoms with van der Waals surface area (Å²) in [5.41, 5.74) is 1.21. The zero-order valence-electron chi connectivity index (χ0n) is 12.6. The van der Waals surface area contributed by atoms with Crippen molar-refractivity contribution in [2.45, 2.75) is 51.6 Å². The molecule has 1 unspecified atom stereocenters. The monoisotopic (exact) mass is 285 g/mol. The van der Waals surface area contributed by atoms with Crippen molar-refractivity contribution in [3.05, 3.63) is 47.6 Å². The summed E-state index contributed by atoms with van der Waals surface area (Å²) >= 11 is 0. The summed E-state index contributed by atoms with van der Waals surface area (Å²) in [5.74, 6) is 2.24. The molecule has 0 saturated heterocycles. The molecule has 112 valence electrons. The number of benzene rings is 1. The first kappa shape index (κ1) is 14.3. The van der Waals surface area contributed by atoms with Crippen LogP contribution in [-0.4, -0.2) is 16.2 Å². The maximum absolute atomic E-state index is 5.33. The second kappa shape index (κ2) is 6.85. The number of nitrogens with one attached hydrogen (secondary N) is 1. The summed E-state index contributed by atoms with van der Waals surface area (Å²) < 4.78 is 5.33. The van der Waals surface area contributed by atoms with E-state index in [9.17, 15) is 0 Å². The van der Waals surface area contributed by atoms with Gasteiger partial charge in [0.1, 0.15) is 0 Å². The van der Waals surface area contributed by atoms with Gasteiger partial charge in [0.05, 0.1) is 6.54 Å². The quantitative estimate of drug-likeness (QED) is 0.884. The lowest BCUT2D eigenvalue weighted by Gasteiger charge is -2.19. The van der Waals surface area contributed by atoms with E-state index in [0.29, 0.717) is 18.5 Å². The van der Waals surface area contributed by atoms with Crippen molar-refractivity contribution in [2.24, 2.45) is 5.92 Å². The standard InChI is InChI=1S/C17H23N3O/c1-13(15-9-5-6-10-15)18-12-17-19-16(20-21-17)11-14-7-3-2-4-8-14/h2-4,7-8,13,15,18H,5-6,9-12H2,1H3. The molecule has 4 nitrogen and oxygen atoms in total. The predicted molar refractivity (Wildman–Crippen MR) is 81.8 cm³/mol. The first-order chi connectivity index (χ1) is 10.3. The van der Waals surface area contributed by atoms with Gasteiger partial charge in [0.2, 0.25) is 5.89 Å². The average Bonchev–Trinajstić information content (AvgIpc) is 3.17. The molecule has 0 spiro atoms. The van der Waals surface area contributed by atoms with Gasteiger partial charge in [-0.3, -0.25) is 0 Å². The largest absolute Gasteiger partial charge is 0.338 e. The van der Waals surface area contributed by atoms with Crippen LogP contribution >= 0.6 is 0 Å². The SMILES string of the molecule is CC(NCc1nc(Cc2ccccc2)no1)C1CCCC1. The Kier molecular flexibility index (Phi) is 4.65. The van der Waals surface area contributed by atoms with Gasteiger partial charge in [0.25, 0.3) is 0 Å². The number of rotatable bonds is 6. The highest BCUT2D eigenvalue weighted by atomic mass is 16.5. The van der Waals surface area contributed by atoms with Crippen molar-refractivity contribution in [3.63, 3.8) is 0 Å². The van der Waals surface area contributed by atoms with Crippen molar-refractivity contribution in [3.8, 4) is 0 Å². The molecule has 0 aliphatic heterocycles. The Balaban J connectivity index is 1.50. The summed E-state index contributed by atoms with van der Waals surface area (Å²) in [6, 6.07) is 10.8. The molecule has 1 heterocycles. The third-order valence-electron chi connectivity index (χ3n) is 4.40. The molecular weight excluding hydrogens is 262 g/mol. The molecule has 2 aromatic rings. The van der Waals surface area contributed by atoms with Crippen LogP contribution < -0.4 is 5.32 Å². The molecule has 3 rings (SSSR count). The second-order valence-electron chi connectivity index (χ2n) is 5.98. The van der Waals surface area contributed by atoms with Crippen LogP contribution in [0, 0.1) is 5.92 Å². The minimum atomic E-state index is 0.525. The van der Waals surface area contributed by atoms with Crippen LogP contribution in [0.25, 0.3) is 0 Å². The molecule has 1 atom stereocenters. The van der Waals surface area contributed by atoms with Gasteiger partial charge in [-0.05, 0) is 31.2 Å². The molecule has 21 heavy (non-hydrogen) atoms. The number of hydrogen-bond acceptors (Lipinski definition) is 4. The molecule has 0 bridgehead atoms. The molecule has 1 N–H and O–H groups in total. The van der Waals surface area contributed by atoms with Gasteiger partial charge in [0, 0.05) is 12.5 Å². The minimum Gasteiger partial charge on any atom is -0.338 e. The van der Waals surface area contributed by atoms with Crippen LogP contribution in [-0.2, 0) is 13.0 Å². The van der Waals surface area contributed by atoms with Crippen molar-refractivity contribution in [1.82, 2.24) is 15.5 Å². The second-order valence-corrected chi connectivity index (χ2v) is 5.98. The average molecular weight is 285 g/mol. The van der Waals surface area contributed by atoms with Gasteiger partial charge in [-0.25, -0.2) is 0 Å². The van der Waals surface area contributed by atoms with Crippen LogP contribution in [0.4, 0.5) is 0 Å². The molecule has 0 amide bonds. The summed E-state index contributed by atoms with van der Waals surface area (Å²) in [7, 11) is 0. The Morgan fingerprint density at radius 1 is 1.24 bits per heavy atom. The zero-order chi connectivity index (χ0) is 14.5. The molecular formula is C17H23N3O. The fraction of sp³-hybridized carbons (Fsp3) is 0.529. The molecule has 1 aromatic carbocycles. The molecule has 0 radical (unpaired) electrons. The fourth-order valence-corrected chi connectivity index (χ4v) is 3.08. The minimum absolute atomic E-state index is 0.525. The van der Waals surface area contributed by atoms with E-state index in [1.807, 2.05) is 18.2 Å². The normalized spacial score (nSPS) is 17.2. The van der Waals surface area contributed by atoms with E-state index < -0.39 is 0 Å². The lowest BCUT2D eigenvalue weighted by atomic mass is 10.00. The molecule has 1 aromatic heterocycles. The lowest BCUT2D eigenvalue weighted by Crippen LogP contribution is -2.31. The van der Waals surface area contributed by atoms with E-state index >= 15 is 0 Å². The van der Waals surface area contributed by atoms with Crippen molar-refractivity contribution in [1.29, 1.82) is 0 Å². The fourth-order valence-electron chi connectivity index (χ4n) is 3.08. The number of hydrogen-bond donors (Lipinski definition) is 1. The first-order valence-electron chi connectivity index (χ1n) is 7.90. The molecule has 1 fully saturated rings. The van der Waals surface area contributed by atoms with Crippen molar-refractivity contribution >= 4 is 0 Å². The van der Waals surface area contributed by atoms with E-state index in [1.54, 1.807) is 0 Å². The predicted octanol–water partition coefficient (Wildman–Crippen LogP) is 3.33. The summed E-state index contributed by atoms with van der Waals surface area (Å²) in [6.07, 6.45) is 6.16. The molecule has 1 aliphatic rings. The number of aromatic nitrogens is 2. The van der Waals surface area contributed by atoms with Gasteiger partial charge < -0.3 is 9.84 Å². The smallest absolute Gasteiger partial charge is 0.240 e. The Labute approximate surface area is 126 Å². The van der Waals surface area contributed by atoms with Gasteiger partial charge in [-0.2, -0.15) is 4.98 Å². The van der Waals surface area contributed by atoms with E-state index in [0.717, 1.165) is 18.2 Å². The number of nitrogens with zero attached hydrogens (tertiary/aromatic N) is 2. The maximum Gasteiger partial charge on any atom is 0.240 e. The van der Waals surface area contributed by atoms with Crippen LogP contribution in [0.5, 0.6) is 0 Å². The Morgan fingerprint density at radius 2 is 2.00 bits per heavy atom. The van der Waals surface area contributed by atoms with Crippen molar-refractivity contribution in [2.75, 3.05) is 0 Å². The van der Waals surface area contributed by atoms with E-state index in [4.69, 9.17) is 4.52 Å². The molecule has 1 aliphatic carbocycles. The third kappa shape index (κ3) is 3.91. The topological polar surface area (TPSA) is 51.0 Å². The van der Waals surface area contributed by atoms with E-state index in [1.165, 1.54) is 31.2 Å². The molecule has 1 saturated carbocycles. The zero-order valence-corrected chi connectivity index (χ0v) is 12.6. The lowest BCUT2D eigenvalue weighted by molar-refractivity contribution is 0.328. The van der Waals surface area contributed by atoms with Crippen LogP contribution in [0.2, 0.25) is 0 Å². The highest BCUT2D eigenvalue weighted by molar-refractivity contribution is 5.18. The third-order valence-corrected chi connectivity index (χ3v) is 4.40. The van der Waals surface area contributed by atoms with Crippen LogP contribution in [0.15, 0.2) is 34.9 Å².